The highest BCUT2D eigenvalue weighted by molar-refractivity contribution is 7.82. The molecule has 2 rings (SSSR count). The van der Waals surface area contributed by atoms with Crippen molar-refractivity contribution in [2.45, 2.75) is 20.0 Å². The van der Waals surface area contributed by atoms with Crippen LogP contribution in [0.2, 0.25) is 0 Å². The van der Waals surface area contributed by atoms with E-state index in [-0.39, 0.29) is 0 Å². The molecule has 0 unspecified atom stereocenters. The first kappa shape index (κ1) is 13.3. The molecule has 0 nitrogen and oxygen atoms in total. The smallest absolute Gasteiger partial charge is 0.0622 e. The van der Waals surface area contributed by atoms with Crippen LogP contribution in [0.5, 0.6) is 0 Å². The summed E-state index contributed by atoms with van der Waals surface area (Å²) in [6, 6.07) is 22.1. The van der Waals surface area contributed by atoms with Crippen LogP contribution in [0.15, 0.2) is 60.7 Å². The van der Waals surface area contributed by atoms with Gasteiger partial charge in [0, 0.05) is 0 Å². The van der Waals surface area contributed by atoms with Crippen molar-refractivity contribution in [1.29, 1.82) is 0 Å². The SMILES string of the molecule is CC[P+](CC)(Cc1ccccc1)c1ccccc1. The lowest BCUT2D eigenvalue weighted by Gasteiger charge is -2.25. The van der Waals surface area contributed by atoms with Gasteiger partial charge in [-0.05, 0) is 31.5 Å². The van der Waals surface area contributed by atoms with Gasteiger partial charge in [0.2, 0.25) is 0 Å². The zero-order valence-corrected chi connectivity index (χ0v) is 12.2. The highest BCUT2D eigenvalue weighted by atomic mass is 31.2. The molecule has 18 heavy (non-hydrogen) atoms. The summed E-state index contributed by atoms with van der Waals surface area (Å²) in [5, 5.41) is 1.58. The maximum atomic E-state index is 2.35. The molecule has 0 radical (unpaired) electrons. The van der Waals surface area contributed by atoms with E-state index in [4.69, 9.17) is 0 Å². The van der Waals surface area contributed by atoms with E-state index in [9.17, 15) is 0 Å². The van der Waals surface area contributed by atoms with Crippen molar-refractivity contribution in [1.82, 2.24) is 0 Å². The third-order valence-corrected chi connectivity index (χ3v) is 8.63. The Hall–Kier alpha value is -1.13. The Balaban J connectivity index is 2.33. The molecule has 0 aliphatic heterocycles. The average Bonchev–Trinajstić information content (AvgIpc) is 2.47. The minimum atomic E-state index is -1.03. The van der Waals surface area contributed by atoms with Gasteiger partial charge in [-0.1, -0.05) is 48.5 Å². The summed E-state index contributed by atoms with van der Waals surface area (Å²) in [5.41, 5.74) is 1.48. The molecule has 0 saturated heterocycles. The molecule has 0 aliphatic carbocycles. The first-order valence-electron chi connectivity index (χ1n) is 6.76. The van der Waals surface area contributed by atoms with Crippen molar-refractivity contribution in [3.05, 3.63) is 66.2 Å². The third kappa shape index (κ3) is 2.82. The van der Waals surface area contributed by atoms with E-state index < -0.39 is 7.26 Å². The van der Waals surface area contributed by atoms with E-state index in [1.165, 1.54) is 24.0 Å². The summed E-state index contributed by atoms with van der Waals surface area (Å²) in [7, 11) is -1.03. The molecule has 0 atom stereocenters. The van der Waals surface area contributed by atoms with Crippen molar-refractivity contribution >= 4 is 12.6 Å². The molecule has 2 aromatic rings. The van der Waals surface area contributed by atoms with Crippen LogP contribution < -0.4 is 5.30 Å². The van der Waals surface area contributed by atoms with Crippen molar-refractivity contribution < 1.29 is 0 Å². The van der Waals surface area contributed by atoms with Gasteiger partial charge >= 0.3 is 0 Å². The van der Waals surface area contributed by atoms with Gasteiger partial charge in [-0.2, -0.15) is 0 Å². The van der Waals surface area contributed by atoms with Crippen molar-refractivity contribution in [3.8, 4) is 0 Å². The fraction of sp³-hybridized carbons (Fsp3) is 0.294. The molecule has 0 aromatic heterocycles. The van der Waals surface area contributed by atoms with Gasteiger partial charge in [-0.3, -0.25) is 0 Å². The number of hydrogen-bond acceptors (Lipinski definition) is 0. The van der Waals surface area contributed by atoms with Crippen LogP contribution >= 0.6 is 7.26 Å². The second kappa shape index (κ2) is 6.16. The van der Waals surface area contributed by atoms with Gasteiger partial charge < -0.3 is 0 Å². The molecule has 0 aliphatic rings. The number of benzene rings is 2. The highest BCUT2D eigenvalue weighted by Crippen LogP contribution is 2.59. The Morgan fingerprint density at radius 1 is 0.722 bits per heavy atom. The quantitative estimate of drug-likeness (QED) is 0.688. The maximum Gasteiger partial charge on any atom is 0.0942 e. The Morgan fingerprint density at radius 3 is 1.72 bits per heavy atom. The van der Waals surface area contributed by atoms with E-state index in [0.717, 1.165) is 0 Å². The molecule has 0 amide bonds. The van der Waals surface area contributed by atoms with Crippen LogP contribution in [0.25, 0.3) is 0 Å². The van der Waals surface area contributed by atoms with Gasteiger partial charge in [-0.15, -0.1) is 0 Å². The molecular formula is C17H22P+. The lowest BCUT2D eigenvalue weighted by atomic mass is 10.2. The summed E-state index contributed by atoms with van der Waals surface area (Å²) in [6.45, 7) is 4.71. The Kier molecular flexibility index (Phi) is 4.55. The maximum absolute atomic E-state index is 2.35. The number of rotatable bonds is 5. The molecule has 0 saturated carbocycles. The van der Waals surface area contributed by atoms with Gasteiger partial charge in [-0.25, -0.2) is 0 Å². The lowest BCUT2D eigenvalue weighted by molar-refractivity contribution is 1.28. The first-order valence-corrected chi connectivity index (χ1v) is 9.11. The summed E-state index contributed by atoms with van der Waals surface area (Å²) in [5.74, 6) is 0. The Labute approximate surface area is 111 Å². The predicted molar refractivity (Wildman–Crippen MR) is 84.2 cm³/mol. The van der Waals surface area contributed by atoms with Crippen LogP contribution in [-0.4, -0.2) is 12.3 Å². The zero-order valence-electron chi connectivity index (χ0n) is 11.3. The van der Waals surface area contributed by atoms with Crippen LogP contribution in [0.3, 0.4) is 0 Å². The summed E-state index contributed by atoms with van der Waals surface area (Å²) >= 11 is 0. The van der Waals surface area contributed by atoms with Crippen LogP contribution in [-0.2, 0) is 6.16 Å². The third-order valence-electron chi connectivity index (χ3n) is 3.84. The molecule has 0 N–H and O–H groups in total. The normalized spacial score (nSPS) is 11.4. The van der Waals surface area contributed by atoms with E-state index in [2.05, 4.69) is 74.5 Å². The Morgan fingerprint density at radius 2 is 1.22 bits per heavy atom. The number of hydrogen-bond donors (Lipinski definition) is 0. The monoisotopic (exact) mass is 257 g/mol. The molecule has 0 bridgehead atoms. The van der Waals surface area contributed by atoms with E-state index in [0.29, 0.717) is 0 Å². The standard InChI is InChI=1S/C17H22P/c1-3-18(4-2,17-13-9-6-10-14-17)15-16-11-7-5-8-12-16/h5-14H,3-4,15H2,1-2H3/q+1. The molecular weight excluding hydrogens is 235 g/mol. The average molecular weight is 257 g/mol. The Bertz CT molecular complexity index is 457. The van der Waals surface area contributed by atoms with E-state index in [1.54, 1.807) is 5.30 Å². The van der Waals surface area contributed by atoms with Crippen LogP contribution in [0, 0.1) is 0 Å². The molecule has 0 fully saturated rings. The van der Waals surface area contributed by atoms with E-state index in [1.807, 2.05) is 0 Å². The zero-order chi connectivity index (χ0) is 12.8. The van der Waals surface area contributed by atoms with Gasteiger partial charge in [0.1, 0.15) is 0 Å². The minimum Gasteiger partial charge on any atom is -0.0622 e. The minimum absolute atomic E-state index is 1.03. The van der Waals surface area contributed by atoms with Gasteiger partial charge in [0.05, 0.1) is 31.1 Å². The topological polar surface area (TPSA) is 0 Å². The fourth-order valence-electron chi connectivity index (χ4n) is 2.58. The van der Waals surface area contributed by atoms with Crippen molar-refractivity contribution in [2.24, 2.45) is 0 Å². The lowest BCUT2D eigenvalue weighted by Crippen LogP contribution is -2.17. The summed E-state index contributed by atoms with van der Waals surface area (Å²) in [6.07, 6.45) is 3.83. The van der Waals surface area contributed by atoms with Crippen LogP contribution in [0.1, 0.15) is 19.4 Å². The van der Waals surface area contributed by atoms with E-state index >= 15 is 0 Å². The molecule has 1 heteroatoms. The predicted octanol–water partition coefficient (Wildman–Crippen LogP) is 4.57. The second-order valence-corrected chi connectivity index (χ2v) is 9.14. The first-order chi connectivity index (χ1) is 8.80. The second-order valence-electron chi connectivity index (χ2n) is 4.76. The molecule has 2 aromatic carbocycles. The molecule has 94 valence electrons. The summed E-state index contributed by atoms with van der Waals surface area (Å²) < 4.78 is 0. The largest absolute Gasteiger partial charge is 0.0942 e. The molecule has 0 spiro atoms. The van der Waals surface area contributed by atoms with Crippen molar-refractivity contribution in [3.63, 3.8) is 0 Å². The fourth-order valence-corrected chi connectivity index (χ4v) is 6.10. The van der Waals surface area contributed by atoms with Crippen molar-refractivity contribution in [2.75, 3.05) is 12.3 Å². The highest BCUT2D eigenvalue weighted by Gasteiger charge is 2.36. The summed E-state index contributed by atoms with van der Waals surface area (Å²) in [4.78, 5) is 0. The van der Waals surface area contributed by atoms with Crippen LogP contribution in [0.4, 0.5) is 0 Å². The van der Waals surface area contributed by atoms with Gasteiger partial charge in [0.15, 0.2) is 0 Å². The molecule has 0 heterocycles. The van der Waals surface area contributed by atoms with Gasteiger partial charge in [0.25, 0.3) is 0 Å².